The lowest BCUT2D eigenvalue weighted by atomic mass is 9.99. The predicted octanol–water partition coefficient (Wildman–Crippen LogP) is 1.88. The zero-order valence-corrected chi connectivity index (χ0v) is 10.00. The van der Waals surface area contributed by atoms with E-state index >= 15 is 0 Å². The van der Waals surface area contributed by atoms with Gasteiger partial charge in [-0.2, -0.15) is 5.10 Å². The Morgan fingerprint density at radius 3 is 3.12 bits per heavy atom. The average Bonchev–Trinajstić information content (AvgIpc) is 2.84. The van der Waals surface area contributed by atoms with E-state index in [0.29, 0.717) is 0 Å². The van der Waals surface area contributed by atoms with Crippen LogP contribution >= 0.6 is 11.3 Å². The Morgan fingerprint density at radius 1 is 1.56 bits per heavy atom. The lowest BCUT2D eigenvalue weighted by Gasteiger charge is -2.15. The average molecular weight is 234 g/mol. The second-order valence-corrected chi connectivity index (χ2v) is 5.23. The van der Waals surface area contributed by atoms with Crippen molar-refractivity contribution in [3.8, 4) is 10.7 Å². The van der Waals surface area contributed by atoms with Crippen molar-refractivity contribution in [1.29, 1.82) is 0 Å². The lowest BCUT2D eigenvalue weighted by Crippen LogP contribution is -2.15. The largest absolute Gasteiger partial charge is 0.323 e. The monoisotopic (exact) mass is 234 g/mol. The zero-order chi connectivity index (χ0) is 11.1. The summed E-state index contributed by atoms with van der Waals surface area (Å²) >= 11 is 1.70. The minimum absolute atomic E-state index is 0.179. The Kier molecular flexibility index (Phi) is 2.29. The van der Waals surface area contributed by atoms with Gasteiger partial charge in [-0.3, -0.25) is 4.68 Å². The van der Waals surface area contributed by atoms with Crippen LogP contribution in [0.5, 0.6) is 0 Å². The SMILES string of the molecule is Cn1ccc(-c2nc3c(s2)C(N)CCC3)n1. The van der Waals surface area contributed by atoms with Gasteiger partial charge in [0.2, 0.25) is 0 Å². The molecule has 0 spiro atoms. The van der Waals surface area contributed by atoms with Gasteiger partial charge in [0.15, 0.2) is 0 Å². The minimum atomic E-state index is 0.179. The third-order valence-electron chi connectivity index (χ3n) is 2.93. The van der Waals surface area contributed by atoms with Crippen LogP contribution in [0.4, 0.5) is 0 Å². The number of aryl methyl sites for hydroxylation is 2. The Hall–Kier alpha value is -1.20. The van der Waals surface area contributed by atoms with Crippen LogP contribution in [0.1, 0.15) is 29.5 Å². The first-order valence-electron chi connectivity index (χ1n) is 5.49. The molecule has 4 nitrogen and oxygen atoms in total. The Labute approximate surface area is 98.1 Å². The van der Waals surface area contributed by atoms with Crippen LogP contribution in [0.2, 0.25) is 0 Å². The number of hydrogen-bond donors (Lipinski definition) is 1. The van der Waals surface area contributed by atoms with Gasteiger partial charge in [0.25, 0.3) is 0 Å². The quantitative estimate of drug-likeness (QED) is 0.819. The molecular weight excluding hydrogens is 220 g/mol. The van der Waals surface area contributed by atoms with Crippen molar-refractivity contribution in [2.45, 2.75) is 25.3 Å². The van der Waals surface area contributed by atoms with Gasteiger partial charge >= 0.3 is 0 Å². The fourth-order valence-electron chi connectivity index (χ4n) is 2.09. The number of nitrogens with two attached hydrogens (primary N) is 1. The van der Waals surface area contributed by atoms with Crippen molar-refractivity contribution >= 4 is 11.3 Å². The molecule has 0 saturated heterocycles. The van der Waals surface area contributed by atoms with Crippen LogP contribution in [0.25, 0.3) is 10.7 Å². The molecule has 1 unspecified atom stereocenters. The van der Waals surface area contributed by atoms with Crippen LogP contribution < -0.4 is 5.73 Å². The molecular formula is C11H14N4S. The van der Waals surface area contributed by atoms with E-state index in [0.717, 1.165) is 30.0 Å². The van der Waals surface area contributed by atoms with E-state index in [9.17, 15) is 0 Å². The maximum Gasteiger partial charge on any atom is 0.144 e. The summed E-state index contributed by atoms with van der Waals surface area (Å²) in [6.45, 7) is 0. The van der Waals surface area contributed by atoms with Gasteiger partial charge in [-0.15, -0.1) is 11.3 Å². The summed E-state index contributed by atoms with van der Waals surface area (Å²) in [6.07, 6.45) is 5.23. The molecule has 0 saturated carbocycles. The number of hydrogen-bond acceptors (Lipinski definition) is 4. The highest BCUT2D eigenvalue weighted by Gasteiger charge is 2.22. The first kappa shape index (κ1) is 9.99. The molecule has 16 heavy (non-hydrogen) atoms. The molecule has 0 aliphatic heterocycles. The number of fused-ring (bicyclic) bond motifs is 1. The first-order valence-corrected chi connectivity index (χ1v) is 6.31. The normalized spacial score (nSPS) is 19.8. The summed E-state index contributed by atoms with van der Waals surface area (Å²) in [5.41, 5.74) is 8.23. The third-order valence-corrected chi connectivity index (χ3v) is 4.18. The Bertz CT molecular complexity index is 514. The van der Waals surface area contributed by atoms with E-state index in [1.54, 1.807) is 16.0 Å². The molecule has 3 rings (SSSR count). The molecule has 0 amide bonds. The summed E-state index contributed by atoms with van der Waals surface area (Å²) < 4.78 is 1.80. The van der Waals surface area contributed by atoms with Crippen molar-refractivity contribution in [2.24, 2.45) is 12.8 Å². The first-order chi connectivity index (χ1) is 7.74. The number of aromatic nitrogens is 3. The van der Waals surface area contributed by atoms with Crippen LogP contribution in [0, 0.1) is 0 Å². The van der Waals surface area contributed by atoms with Crippen LogP contribution in [0.15, 0.2) is 12.3 Å². The van der Waals surface area contributed by atoms with Crippen molar-refractivity contribution < 1.29 is 0 Å². The maximum absolute atomic E-state index is 6.09. The smallest absolute Gasteiger partial charge is 0.144 e. The molecule has 1 aliphatic carbocycles. The third kappa shape index (κ3) is 1.56. The van der Waals surface area contributed by atoms with Gasteiger partial charge < -0.3 is 5.73 Å². The molecule has 0 aromatic carbocycles. The van der Waals surface area contributed by atoms with Gasteiger partial charge in [-0.05, 0) is 25.3 Å². The second-order valence-electron chi connectivity index (χ2n) is 4.20. The van der Waals surface area contributed by atoms with E-state index in [4.69, 9.17) is 5.73 Å². The van der Waals surface area contributed by atoms with Crippen molar-refractivity contribution in [2.75, 3.05) is 0 Å². The van der Waals surface area contributed by atoms with Crippen molar-refractivity contribution in [1.82, 2.24) is 14.8 Å². The fraction of sp³-hybridized carbons (Fsp3) is 0.455. The summed E-state index contributed by atoms with van der Waals surface area (Å²) in [4.78, 5) is 5.90. The van der Waals surface area contributed by atoms with Crippen molar-refractivity contribution in [3.63, 3.8) is 0 Å². The van der Waals surface area contributed by atoms with Gasteiger partial charge in [-0.1, -0.05) is 0 Å². The topological polar surface area (TPSA) is 56.7 Å². The molecule has 84 valence electrons. The molecule has 0 bridgehead atoms. The van der Waals surface area contributed by atoms with E-state index in [1.165, 1.54) is 10.6 Å². The lowest BCUT2D eigenvalue weighted by molar-refractivity contribution is 0.573. The van der Waals surface area contributed by atoms with Crippen LogP contribution in [-0.2, 0) is 13.5 Å². The molecule has 5 heteroatoms. The zero-order valence-electron chi connectivity index (χ0n) is 9.18. The van der Waals surface area contributed by atoms with E-state index in [2.05, 4.69) is 10.1 Å². The molecule has 2 aromatic rings. The highest BCUT2D eigenvalue weighted by molar-refractivity contribution is 7.15. The van der Waals surface area contributed by atoms with E-state index in [1.807, 2.05) is 19.3 Å². The molecule has 1 aliphatic rings. The van der Waals surface area contributed by atoms with Crippen LogP contribution in [0.3, 0.4) is 0 Å². The number of nitrogens with zero attached hydrogens (tertiary/aromatic N) is 3. The second kappa shape index (κ2) is 3.68. The van der Waals surface area contributed by atoms with Gasteiger partial charge in [-0.25, -0.2) is 4.98 Å². The van der Waals surface area contributed by atoms with E-state index < -0.39 is 0 Å². The van der Waals surface area contributed by atoms with Crippen LogP contribution in [-0.4, -0.2) is 14.8 Å². The highest BCUT2D eigenvalue weighted by atomic mass is 32.1. The fourth-order valence-corrected chi connectivity index (χ4v) is 3.20. The number of rotatable bonds is 1. The molecule has 0 radical (unpaired) electrons. The minimum Gasteiger partial charge on any atom is -0.323 e. The summed E-state index contributed by atoms with van der Waals surface area (Å²) in [6, 6.07) is 2.18. The van der Waals surface area contributed by atoms with Crippen molar-refractivity contribution in [3.05, 3.63) is 22.8 Å². The van der Waals surface area contributed by atoms with Gasteiger partial charge in [0.05, 0.1) is 5.69 Å². The van der Waals surface area contributed by atoms with Gasteiger partial charge in [0.1, 0.15) is 10.7 Å². The van der Waals surface area contributed by atoms with E-state index in [-0.39, 0.29) is 6.04 Å². The highest BCUT2D eigenvalue weighted by Crippen LogP contribution is 2.35. The Morgan fingerprint density at radius 2 is 2.44 bits per heavy atom. The standard InChI is InChI=1S/C11H14N4S/c1-15-6-5-9(14-15)11-13-8-4-2-3-7(12)10(8)16-11/h5-7H,2-4,12H2,1H3. The van der Waals surface area contributed by atoms with Gasteiger partial charge in [0, 0.05) is 24.2 Å². The maximum atomic E-state index is 6.09. The molecule has 2 N–H and O–H groups in total. The Balaban J connectivity index is 2.04. The summed E-state index contributed by atoms with van der Waals surface area (Å²) in [5, 5.41) is 5.38. The molecule has 1 atom stereocenters. The molecule has 0 fully saturated rings. The summed E-state index contributed by atoms with van der Waals surface area (Å²) in [7, 11) is 1.92. The number of thiazole rings is 1. The summed E-state index contributed by atoms with van der Waals surface area (Å²) in [5.74, 6) is 0. The molecule has 2 heterocycles. The predicted molar refractivity (Wildman–Crippen MR) is 64.2 cm³/mol. The molecule has 2 aromatic heterocycles.